The fourth-order valence-corrected chi connectivity index (χ4v) is 3.86. The Kier molecular flexibility index (Phi) is 3.51. The first kappa shape index (κ1) is 14.2. The number of amides is 2. The molecule has 5 nitrogen and oxygen atoms in total. The molecule has 1 aliphatic heterocycles. The molecule has 1 fully saturated rings. The number of nitrogen functional groups attached to an aromatic ring is 1. The fraction of sp³-hybridized carbons (Fsp3) is 0.286. The van der Waals surface area contributed by atoms with Crippen molar-refractivity contribution in [3.8, 4) is 0 Å². The lowest BCUT2D eigenvalue weighted by Gasteiger charge is -2.11. The SMILES string of the molecule is CN1CCC(NC(=O)c2sc3cccc(Cl)c3c2N)C1=O. The van der Waals surface area contributed by atoms with E-state index in [1.165, 1.54) is 11.3 Å². The van der Waals surface area contributed by atoms with Gasteiger partial charge in [-0.3, -0.25) is 9.59 Å². The van der Waals surface area contributed by atoms with Crippen LogP contribution in [0.25, 0.3) is 10.1 Å². The number of likely N-dealkylation sites (tertiary alicyclic amines) is 1. The molecule has 1 aliphatic rings. The van der Waals surface area contributed by atoms with Crippen LogP contribution >= 0.6 is 22.9 Å². The topological polar surface area (TPSA) is 75.4 Å². The van der Waals surface area contributed by atoms with Crippen LogP contribution < -0.4 is 11.1 Å². The average Bonchev–Trinajstić information content (AvgIpc) is 2.95. The quantitative estimate of drug-likeness (QED) is 0.888. The average molecular weight is 324 g/mol. The maximum absolute atomic E-state index is 12.4. The summed E-state index contributed by atoms with van der Waals surface area (Å²) in [6, 6.07) is 4.96. The molecule has 2 aromatic rings. The smallest absolute Gasteiger partial charge is 0.264 e. The van der Waals surface area contributed by atoms with Gasteiger partial charge in [0.25, 0.3) is 5.91 Å². The lowest BCUT2D eigenvalue weighted by atomic mass is 10.2. The number of halogens is 1. The van der Waals surface area contributed by atoms with Gasteiger partial charge in [0.2, 0.25) is 5.91 Å². The molecule has 0 spiro atoms. The van der Waals surface area contributed by atoms with Crippen molar-refractivity contribution >= 4 is 50.5 Å². The van der Waals surface area contributed by atoms with Crippen molar-refractivity contribution in [2.24, 2.45) is 0 Å². The molecule has 21 heavy (non-hydrogen) atoms. The van der Waals surface area contributed by atoms with Crippen molar-refractivity contribution in [1.29, 1.82) is 0 Å². The summed E-state index contributed by atoms with van der Waals surface area (Å²) in [7, 11) is 1.72. The highest BCUT2D eigenvalue weighted by molar-refractivity contribution is 7.21. The van der Waals surface area contributed by atoms with Crippen LogP contribution in [0.5, 0.6) is 0 Å². The number of benzene rings is 1. The Morgan fingerprint density at radius 1 is 1.52 bits per heavy atom. The number of likely N-dealkylation sites (N-methyl/N-ethyl adjacent to an activating group) is 1. The van der Waals surface area contributed by atoms with Gasteiger partial charge >= 0.3 is 0 Å². The van der Waals surface area contributed by atoms with Crippen LogP contribution in [-0.2, 0) is 4.79 Å². The molecular formula is C14H14ClN3O2S. The summed E-state index contributed by atoms with van der Waals surface area (Å²) in [6.45, 7) is 0.650. The van der Waals surface area contributed by atoms with Gasteiger partial charge in [-0.1, -0.05) is 17.7 Å². The molecule has 0 saturated carbocycles. The van der Waals surface area contributed by atoms with Gasteiger partial charge in [0, 0.05) is 23.7 Å². The third-order valence-electron chi connectivity index (χ3n) is 3.64. The largest absolute Gasteiger partial charge is 0.397 e. The van der Waals surface area contributed by atoms with Crippen molar-refractivity contribution in [3.05, 3.63) is 28.1 Å². The molecule has 2 heterocycles. The predicted octanol–water partition coefficient (Wildman–Crippen LogP) is 2.10. The molecular weight excluding hydrogens is 310 g/mol. The Morgan fingerprint density at radius 3 is 2.90 bits per heavy atom. The van der Waals surface area contributed by atoms with E-state index in [1.54, 1.807) is 18.0 Å². The van der Waals surface area contributed by atoms with Gasteiger partial charge in [0.15, 0.2) is 0 Å². The number of hydrogen-bond donors (Lipinski definition) is 2. The van der Waals surface area contributed by atoms with Crippen molar-refractivity contribution in [2.75, 3.05) is 19.3 Å². The number of nitrogens with zero attached hydrogens (tertiary/aromatic N) is 1. The first-order valence-corrected chi connectivity index (χ1v) is 7.71. The molecule has 110 valence electrons. The number of nitrogens with one attached hydrogen (secondary N) is 1. The van der Waals surface area contributed by atoms with Crippen molar-refractivity contribution < 1.29 is 9.59 Å². The molecule has 1 atom stereocenters. The summed E-state index contributed by atoms with van der Waals surface area (Å²) < 4.78 is 0.861. The highest BCUT2D eigenvalue weighted by atomic mass is 35.5. The Balaban J connectivity index is 1.90. The van der Waals surface area contributed by atoms with E-state index < -0.39 is 6.04 Å². The zero-order chi connectivity index (χ0) is 15.1. The predicted molar refractivity (Wildman–Crippen MR) is 84.8 cm³/mol. The van der Waals surface area contributed by atoms with Crippen LogP contribution in [0.1, 0.15) is 16.1 Å². The standard InChI is InChI=1S/C14H14ClN3O2S/c1-18-6-5-8(14(18)20)17-13(19)12-11(16)10-7(15)3-2-4-9(10)21-12/h2-4,8H,5-6,16H2,1H3,(H,17,19). The Bertz CT molecular complexity index is 743. The van der Waals surface area contributed by atoms with Gasteiger partial charge in [-0.2, -0.15) is 0 Å². The number of rotatable bonds is 2. The number of carbonyl (C=O) groups excluding carboxylic acids is 2. The van der Waals surface area contributed by atoms with E-state index in [1.807, 2.05) is 12.1 Å². The molecule has 7 heteroatoms. The van der Waals surface area contributed by atoms with Gasteiger partial charge in [0.05, 0.1) is 10.7 Å². The highest BCUT2D eigenvalue weighted by Crippen LogP contribution is 2.38. The summed E-state index contributed by atoms with van der Waals surface area (Å²) >= 11 is 7.41. The van der Waals surface area contributed by atoms with Gasteiger partial charge in [0.1, 0.15) is 10.9 Å². The maximum atomic E-state index is 12.4. The van der Waals surface area contributed by atoms with Crippen molar-refractivity contribution in [3.63, 3.8) is 0 Å². The van der Waals surface area contributed by atoms with Gasteiger partial charge < -0.3 is 16.0 Å². The minimum atomic E-state index is -0.470. The second-order valence-corrected chi connectivity index (χ2v) is 6.49. The minimum Gasteiger partial charge on any atom is -0.397 e. The van der Waals surface area contributed by atoms with E-state index in [0.717, 1.165) is 4.70 Å². The first-order valence-electron chi connectivity index (χ1n) is 6.51. The van der Waals surface area contributed by atoms with Crippen molar-refractivity contribution in [2.45, 2.75) is 12.5 Å². The molecule has 2 amide bonds. The Hall–Kier alpha value is -1.79. The number of hydrogen-bond acceptors (Lipinski definition) is 4. The molecule has 3 N–H and O–H groups in total. The summed E-state index contributed by atoms with van der Waals surface area (Å²) in [4.78, 5) is 26.2. The Morgan fingerprint density at radius 2 is 2.29 bits per heavy atom. The Labute approximate surface area is 130 Å². The molecule has 3 rings (SSSR count). The summed E-state index contributed by atoms with van der Waals surface area (Å²) in [5.74, 6) is -0.389. The number of thiophene rings is 1. The molecule has 1 unspecified atom stereocenters. The molecule has 0 radical (unpaired) electrons. The summed E-state index contributed by atoms with van der Waals surface area (Å²) in [5, 5.41) is 3.98. The molecule has 1 aromatic heterocycles. The zero-order valence-electron chi connectivity index (χ0n) is 11.4. The second kappa shape index (κ2) is 5.20. The third kappa shape index (κ3) is 2.34. The van der Waals surface area contributed by atoms with Crippen LogP contribution in [0.4, 0.5) is 5.69 Å². The molecule has 0 bridgehead atoms. The lowest BCUT2D eigenvalue weighted by Crippen LogP contribution is -2.40. The minimum absolute atomic E-state index is 0.0685. The fourth-order valence-electron chi connectivity index (χ4n) is 2.48. The lowest BCUT2D eigenvalue weighted by molar-refractivity contribution is -0.128. The molecule has 1 saturated heterocycles. The zero-order valence-corrected chi connectivity index (χ0v) is 12.9. The number of nitrogens with two attached hydrogens (primary N) is 1. The first-order chi connectivity index (χ1) is 9.99. The van der Waals surface area contributed by atoms with E-state index in [9.17, 15) is 9.59 Å². The van der Waals surface area contributed by atoms with Crippen LogP contribution in [-0.4, -0.2) is 36.3 Å². The van der Waals surface area contributed by atoms with E-state index in [-0.39, 0.29) is 11.8 Å². The van der Waals surface area contributed by atoms with Crippen LogP contribution in [0.15, 0.2) is 18.2 Å². The van der Waals surface area contributed by atoms with Gasteiger partial charge in [-0.15, -0.1) is 11.3 Å². The molecule has 0 aliphatic carbocycles. The van der Waals surface area contributed by atoms with E-state index in [0.29, 0.717) is 33.9 Å². The third-order valence-corrected chi connectivity index (χ3v) is 5.12. The van der Waals surface area contributed by atoms with Crippen molar-refractivity contribution in [1.82, 2.24) is 10.2 Å². The number of anilines is 1. The maximum Gasteiger partial charge on any atom is 0.264 e. The number of fused-ring (bicyclic) bond motifs is 1. The van der Waals surface area contributed by atoms with E-state index in [4.69, 9.17) is 17.3 Å². The second-order valence-electron chi connectivity index (χ2n) is 5.03. The summed E-state index contributed by atoms with van der Waals surface area (Å²) in [5.41, 5.74) is 6.42. The van der Waals surface area contributed by atoms with Gasteiger partial charge in [-0.25, -0.2) is 0 Å². The van der Waals surface area contributed by atoms with Gasteiger partial charge in [-0.05, 0) is 18.6 Å². The molecule has 1 aromatic carbocycles. The van der Waals surface area contributed by atoms with E-state index in [2.05, 4.69) is 5.32 Å². The monoisotopic (exact) mass is 323 g/mol. The highest BCUT2D eigenvalue weighted by Gasteiger charge is 2.31. The summed E-state index contributed by atoms with van der Waals surface area (Å²) in [6.07, 6.45) is 0.618. The van der Waals surface area contributed by atoms with Crippen LogP contribution in [0.2, 0.25) is 5.02 Å². The van der Waals surface area contributed by atoms with Crippen LogP contribution in [0, 0.1) is 0 Å². The van der Waals surface area contributed by atoms with E-state index >= 15 is 0 Å². The number of carbonyl (C=O) groups is 2. The normalized spacial score (nSPS) is 18.5. The van der Waals surface area contributed by atoms with Crippen LogP contribution in [0.3, 0.4) is 0 Å².